The highest BCUT2D eigenvalue weighted by Gasteiger charge is 2.21. The number of para-hydroxylation sites is 2. The maximum absolute atomic E-state index is 4.61. The third-order valence-corrected chi connectivity index (χ3v) is 5.31. The number of rotatable bonds is 2. The van der Waals surface area contributed by atoms with E-state index in [1.54, 1.807) is 11.3 Å². The monoisotopic (exact) mass is 326 g/mol. The molecule has 1 aliphatic heterocycles. The van der Waals surface area contributed by atoms with Gasteiger partial charge in [-0.15, -0.1) is 11.3 Å². The number of benzene rings is 2. The zero-order valence-electron chi connectivity index (χ0n) is 12.9. The summed E-state index contributed by atoms with van der Waals surface area (Å²) in [5, 5.41) is 3.37. The number of aromatic nitrogens is 1. The highest BCUT2D eigenvalue weighted by atomic mass is 32.1. The molecular formula is C21H14N2S. The van der Waals surface area contributed by atoms with Crippen molar-refractivity contribution in [3.63, 3.8) is 0 Å². The van der Waals surface area contributed by atoms with E-state index < -0.39 is 0 Å². The lowest BCUT2D eigenvalue weighted by Crippen LogP contribution is -1.91. The Balaban J connectivity index is 1.86. The van der Waals surface area contributed by atoms with Crippen LogP contribution in [0.3, 0.4) is 0 Å². The lowest BCUT2D eigenvalue weighted by molar-refractivity contribution is 1.46. The summed E-state index contributed by atoms with van der Waals surface area (Å²) in [6.45, 7) is 0. The zero-order chi connectivity index (χ0) is 15.9. The summed E-state index contributed by atoms with van der Waals surface area (Å²) in [7, 11) is 0. The normalized spacial score (nSPS) is 15.0. The maximum atomic E-state index is 4.61. The second kappa shape index (κ2) is 5.32. The minimum Gasteiger partial charge on any atom is -0.361 e. The molecule has 0 unspecified atom stereocenters. The number of thiophene rings is 1. The highest BCUT2D eigenvalue weighted by molar-refractivity contribution is 7.11. The minimum atomic E-state index is 1.04. The van der Waals surface area contributed by atoms with Crippen LogP contribution in [0.25, 0.3) is 22.0 Å². The number of hydrogen-bond acceptors (Lipinski definition) is 2. The van der Waals surface area contributed by atoms with Crippen molar-refractivity contribution in [3.8, 4) is 0 Å². The van der Waals surface area contributed by atoms with E-state index in [2.05, 4.69) is 76.2 Å². The van der Waals surface area contributed by atoms with Crippen LogP contribution < -0.4 is 0 Å². The van der Waals surface area contributed by atoms with Crippen molar-refractivity contribution in [2.75, 3.05) is 0 Å². The molecule has 3 heterocycles. The SMILES string of the molecule is C1=Nc2ccccc2C1=C(c1cccs1)c1c[nH]c2ccccc12. The van der Waals surface area contributed by atoms with Gasteiger partial charge in [0.1, 0.15) is 0 Å². The molecule has 0 bridgehead atoms. The Morgan fingerprint density at radius 1 is 0.917 bits per heavy atom. The van der Waals surface area contributed by atoms with Gasteiger partial charge in [0.05, 0.1) is 5.69 Å². The lowest BCUT2D eigenvalue weighted by atomic mass is 9.94. The summed E-state index contributed by atoms with van der Waals surface area (Å²) in [6, 6.07) is 21.1. The van der Waals surface area contributed by atoms with Gasteiger partial charge in [-0.25, -0.2) is 0 Å². The first-order valence-electron chi connectivity index (χ1n) is 7.90. The van der Waals surface area contributed by atoms with Crippen LogP contribution in [0.5, 0.6) is 0 Å². The topological polar surface area (TPSA) is 28.1 Å². The molecule has 24 heavy (non-hydrogen) atoms. The Labute approximate surface area is 143 Å². The van der Waals surface area contributed by atoms with Crippen LogP contribution in [-0.2, 0) is 0 Å². The molecule has 114 valence electrons. The molecule has 4 aromatic rings. The van der Waals surface area contributed by atoms with Gasteiger partial charge in [-0.05, 0) is 23.6 Å². The molecule has 0 radical (unpaired) electrons. The zero-order valence-corrected chi connectivity index (χ0v) is 13.7. The summed E-state index contributed by atoms with van der Waals surface area (Å²) in [6.07, 6.45) is 4.11. The number of hydrogen-bond donors (Lipinski definition) is 1. The molecule has 1 aliphatic rings. The summed E-state index contributed by atoms with van der Waals surface area (Å²) in [4.78, 5) is 9.28. The first-order chi connectivity index (χ1) is 11.9. The minimum absolute atomic E-state index is 1.04. The molecule has 0 amide bonds. The van der Waals surface area contributed by atoms with E-state index in [1.165, 1.54) is 32.5 Å². The number of aromatic amines is 1. The second-order valence-corrected chi connectivity index (χ2v) is 6.74. The average molecular weight is 326 g/mol. The van der Waals surface area contributed by atoms with E-state index in [1.807, 2.05) is 12.3 Å². The molecule has 2 nitrogen and oxygen atoms in total. The van der Waals surface area contributed by atoms with Crippen LogP contribution in [0.2, 0.25) is 0 Å². The van der Waals surface area contributed by atoms with E-state index in [0.717, 1.165) is 11.2 Å². The van der Waals surface area contributed by atoms with Gasteiger partial charge in [0.25, 0.3) is 0 Å². The van der Waals surface area contributed by atoms with Crippen molar-refractivity contribution in [1.82, 2.24) is 4.98 Å². The van der Waals surface area contributed by atoms with Gasteiger partial charge in [-0.1, -0.05) is 42.5 Å². The molecule has 0 atom stereocenters. The van der Waals surface area contributed by atoms with Gasteiger partial charge in [0, 0.05) is 50.5 Å². The summed E-state index contributed by atoms with van der Waals surface area (Å²) >= 11 is 1.77. The van der Waals surface area contributed by atoms with Crippen molar-refractivity contribution in [2.45, 2.75) is 0 Å². The largest absolute Gasteiger partial charge is 0.361 e. The Morgan fingerprint density at radius 2 is 1.79 bits per heavy atom. The molecule has 0 saturated heterocycles. The van der Waals surface area contributed by atoms with Crippen LogP contribution >= 0.6 is 11.3 Å². The predicted molar refractivity (Wildman–Crippen MR) is 103 cm³/mol. The Hall–Kier alpha value is -2.91. The van der Waals surface area contributed by atoms with Crippen LogP contribution in [0.15, 0.2) is 77.2 Å². The maximum Gasteiger partial charge on any atom is 0.0709 e. The summed E-state index contributed by atoms with van der Waals surface area (Å²) in [5.74, 6) is 0. The van der Waals surface area contributed by atoms with Gasteiger partial charge >= 0.3 is 0 Å². The summed E-state index contributed by atoms with van der Waals surface area (Å²) < 4.78 is 0. The molecule has 0 fully saturated rings. The first-order valence-corrected chi connectivity index (χ1v) is 8.78. The van der Waals surface area contributed by atoms with Gasteiger partial charge < -0.3 is 4.98 Å². The molecular weight excluding hydrogens is 312 g/mol. The van der Waals surface area contributed by atoms with Crippen LogP contribution in [0.1, 0.15) is 16.0 Å². The van der Waals surface area contributed by atoms with Crippen LogP contribution in [0, 0.1) is 0 Å². The van der Waals surface area contributed by atoms with E-state index in [0.29, 0.717) is 0 Å². The number of H-pyrrole nitrogens is 1. The fourth-order valence-electron chi connectivity index (χ4n) is 3.33. The number of fused-ring (bicyclic) bond motifs is 2. The Morgan fingerprint density at radius 3 is 2.71 bits per heavy atom. The first kappa shape index (κ1) is 13.5. The van der Waals surface area contributed by atoms with Crippen molar-refractivity contribution >= 4 is 45.3 Å². The number of nitrogens with zero attached hydrogens (tertiary/aromatic N) is 1. The predicted octanol–water partition coefficient (Wildman–Crippen LogP) is 5.90. The fraction of sp³-hybridized carbons (Fsp3) is 0. The Kier molecular flexibility index (Phi) is 3.00. The van der Waals surface area contributed by atoms with Crippen LogP contribution in [0.4, 0.5) is 5.69 Å². The average Bonchev–Trinajstić information content (AvgIpc) is 3.36. The highest BCUT2D eigenvalue weighted by Crippen LogP contribution is 2.41. The standard InChI is InChI=1S/C21H14N2S/c1-3-8-18-14(6-1)16(12-22-18)21(20-10-5-11-24-20)17-13-23-19-9-4-2-7-15(17)19/h1-13,22H. The van der Waals surface area contributed by atoms with Gasteiger partial charge in [0.15, 0.2) is 0 Å². The van der Waals surface area contributed by atoms with E-state index in [9.17, 15) is 0 Å². The van der Waals surface area contributed by atoms with Crippen molar-refractivity contribution < 1.29 is 0 Å². The number of allylic oxidation sites excluding steroid dienone is 1. The molecule has 1 N–H and O–H groups in total. The quantitative estimate of drug-likeness (QED) is 0.475. The molecule has 0 spiro atoms. The number of aliphatic imine (C=N–C) groups is 1. The number of nitrogens with one attached hydrogen (secondary N) is 1. The molecule has 2 aromatic heterocycles. The smallest absolute Gasteiger partial charge is 0.0709 e. The van der Waals surface area contributed by atoms with Gasteiger partial charge in [-0.2, -0.15) is 0 Å². The molecule has 5 rings (SSSR count). The van der Waals surface area contributed by atoms with Crippen molar-refractivity contribution in [3.05, 3.63) is 88.2 Å². The van der Waals surface area contributed by atoms with E-state index >= 15 is 0 Å². The fourth-order valence-corrected chi connectivity index (χ4v) is 4.13. The Bertz CT molecular complexity index is 1100. The van der Waals surface area contributed by atoms with Crippen molar-refractivity contribution in [1.29, 1.82) is 0 Å². The van der Waals surface area contributed by atoms with Gasteiger partial charge in [0.2, 0.25) is 0 Å². The molecule has 0 saturated carbocycles. The lowest BCUT2D eigenvalue weighted by Gasteiger charge is -2.09. The molecule has 0 aliphatic carbocycles. The van der Waals surface area contributed by atoms with Crippen LogP contribution in [-0.4, -0.2) is 11.2 Å². The van der Waals surface area contributed by atoms with Crippen molar-refractivity contribution in [2.24, 2.45) is 4.99 Å². The van der Waals surface area contributed by atoms with Gasteiger partial charge in [-0.3, -0.25) is 4.99 Å². The summed E-state index contributed by atoms with van der Waals surface area (Å²) in [5.41, 5.74) is 7.07. The second-order valence-electron chi connectivity index (χ2n) is 5.79. The third-order valence-electron chi connectivity index (χ3n) is 4.42. The third kappa shape index (κ3) is 1.99. The van der Waals surface area contributed by atoms with E-state index in [4.69, 9.17) is 0 Å². The molecule has 2 aromatic carbocycles. The van der Waals surface area contributed by atoms with E-state index in [-0.39, 0.29) is 0 Å². The molecule has 3 heteroatoms.